The van der Waals surface area contributed by atoms with Crippen LogP contribution in [0.4, 0.5) is 5.69 Å². The van der Waals surface area contributed by atoms with E-state index in [0.29, 0.717) is 11.3 Å². The summed E-state index contributed by atoms with van der Waals surface area (Å²) in [4.78, 5) is 21.2. The number of nitrogens with zero attached hydrogens (tertiary/aromatic N) is 1. The molecule has 17 heavy (non-hydrogen) atoms. The van der Waals surface area contributed by atoms with E-state index in [4.69, 9.17) is 4.42 Å². The molecule has 0 aliphatic heterocycles. The SMILES string of the molecule is Cc1cc(-c2ccc([N+](=O)[O-])cc2)oc(=O)c1. The van der Waals surface area contributed by atoms with Crippen molar-refractivity contribution in [3.8, 4) is 11.3 Å². The van der Waals surface area contributed by atoms with Crippen LogP contribution in [0.2, 0.25) is 0 Å². The van der Waals surface area contributed by atoms with Gasteiger partial charge in [0.2, 0.25) is 0 Å². The van der Waals surface area contributed by atoms with Crippen LogP contribution < -0.4 is 5.63 Å². The minimum Gasteiger partial charge on any atom is -0.423 e. The fourth-order valence-corrected chi connectivity index (χ4v) is 1.49. The molecule has 5 heteroatoms. The van der Waals surface area contributed by atoms with Gasteiger partial charge in [0.05, 0.1) is 4.92 Å². The molecule has 0 aliphatic rings. The van der Waals surface area contributed by atoms with Gasteiger partial charge in [-0.15, -0.1) is 0 Å². The molecule has 0 N–H and O–H groups in total. The lowest BCUT2D eigenvalue weighted by Crippen LogP contribution is -1.98. The molecule has 0 saturated carbocycles. The molecule has 0 aliphatic carbocycles. The molecule has 2 rings (SSSR count). The first kappa shape index (κ1) is 11.1. The third-order valence-corrected chi connectivity index (χ3v) is 2.28. The summed E-state index contributed by atoms with van der Waals surface area (Å²) in [5.74, 6) is 0.407. The third kappa shape index (κ3) is 2.39. The van der Waals surface area contributed by atoms with Crippen molar-refractivity contribution in [2.45, 2.75) is 6.92 Å². The van der Waals surface area contributed by atoms with Gasteiger partial charge in [-0.3, -0.25) is 10.1 Å². The normalized spacial score (nSPS) is 10.2. The van der Waals surface area contributed by atoms with E-state index in [-0.39, 0.29) is 5.69 Å². The molecule has 0 saturated heterocycles. The van der Waals surface area contributed by atoms with Crippen LogP contribution in [0.3, 0.4) is 0 Å². The lowest BCUT2D eigenvalue weighted by molar-refractivity contribution is -0.384. The van der Waals surface area contributed by atoms with E-state index in [1.807, 2.05) is 0 Å². The summed E-state index contributed by atoms with van der Waals surface area (Å²) in [5, 5.41) is 10.5. The fraction of sp³-hybridized carbons (Fsp3) is 0.0833. The molecule has 0 amide bonds. The van der Waals surface area contributed by atoms with Crippen molar-refractivity contribution in [2.75, 3.05) is 0 Å². The first-order valence-electron chi connectivity index (χ1n) is 4.93. The van der Waals surface area contributed by atoms with E-state index in [9.17, 15) is 14.9 Å². The minimum absolute atomic E-state index is 0.00347. The number of nitro groups is 1. The summed E-state index contributed by atoms with van der Waals surface area (Å²) in [6.45, 7) is 1.78. The van der Waals surface area contributed by atoms with Crippen LogP contribution in [0.5, 0.6) is 0 Å². The molecule has 0 unspecified atom stereocenters. The van der Waals surface area contributed by atoms with Gasteiger partial charge in [-0.2, -0.15) is 0 Å². The average Bonchev–Trinajstić information content (AvgIpc) is 2.28. The topological polar surface area (TPSA) is 73.3 Å². The van der Waals surface area contributed by atoms with Crippen molar-refractivity contribution in [1.82, 2.24) is 0 Å². The lowest BCUT2D eigenvalue weighted by atomic mass is 10.1. The second-order valence-electron chi connectivity index (χ2n) is 3.62. The van der Waals surface area contributed by atoms with Gasteiger partial charge in [-0.25, -0.2) is 4.79 Å². The summed E-state index contributed by atoms with van der Waals surface area (Å²) in [7, 11) is 0. The van der Waals surface area contributed by atoms with Crippen LogP contribution in [-0.4, -0.2) is 4.92 Å². The van der Waals surface area contributed by atoms with E-state index in [1.165, 1.54) is 18.2 Å². The Hall–Kier alpha value is -2.43. The molecule has 0 fully saturated rings. The van der Waals surface area contributed by atoms with Crippen molar-refractivity contribution in [1.29, 1.82) is 0 Å². The van der Waals surface area contributed by atoms with Crippen LogP contribution in [0, 0.1) is 17.0 Å². The van der Waals surface area contributed by atoms with Crippen LogP contribution >= 0.6 is 0 Å². The Kier molecular flexibility index (Phi) is 2.74. The highest BCUT2D eigenvalue weighted by molar-refractivity contribution is 5.59. The maximum Gasteiger partial charge on any atom is 0.336 e. The summed E-state index contributed by atoms with van der Waals surface area (Å²) in [6, 6.07) is 8.94. The smallest absolute Gasteiger partial charge is 0.336 e. The highest BCUT2D eigenvalue weighted by Gasteiger charge is 2.07. The Balaban J connectivity index is 2.46. The molecule has 1 heterocycles. The predicted octanol–water partition coefficient (Wildman–Crippen LogP) is 2.52. The molecular weight excluding hydrogens is 222 g/mol. The number of rotatable bonds is 2. The minimum atomic E-state index is -0.476. The van der Waals surface area contributed by atoms with Gasteiger partial charge < -0.3 is 4.42 Å². The predicted molar refractivity (Wildman–Crippen MR) is 61.8 cm³/mol. The number of hydrogen-bond donors (Lipinski definition) is 0. The Labute approximate surface area is 96.5 Å². The average molecular weight is 231 g/mol. The van der Waals surface area contributed by atoms with E-state index in [1.54, 1.807) is 25.1 Å². The number of aryl methyl sites for hydroxylation is 1. The van der Waals surface area contributed by atoms with Crippen molar-refractivity contribution in [3.63, 3.8) is 0 Å². The number of non-ortho nitro benzene ring substituents is 1. The molecule has 0 radical (unpaired) electrons. The van der Waals surface area contributed by atoms with Gasteiger partial charge in [0.1, 0.15) is 5.76 Å². The molecule has 0 atom stereocenters. The van der Waals surface area contributed by atoms with Crippen LogP contribution in [0.1, 0.15) is 5.56 Å². The molecule has 1 aromatic carbocycles. The molecule has 0 spiro atoms. The Bertz CT molecular complexity index is 613. The summed E-state index contributed by atoms with van der Waals surface area (Å²) in [5.41, 5.74) is 0.994. The zero-order valence-corrected chi connectivity index (χ0v) is 9.04. The number of nitro benzene ring substituents is 1. The van der Waals surface area contributed by atoms with Gasteiger partial charge in [-0.05, 0) is 30.7 Å². The highest BCUT2D eigenvalue weighted by Crippen LogP contribution is 2.21. The second kappa shape index (κ2) is 4.21. The summed E-state index contributed by atoms with van der Waals surface area (Å²) in [6.07, 6.45) is 0. The van der Waals surface area contributed by atoms with Crippen LogP contribution in [0.25, 0.3) is 11.3 Å². The first-order valence-corrected chi connectivity index (χ1v) is 4.93. The maximum absolute atomic E-state index is 11.2. The van der Waals surface area contributed by atoms with Crippen molar-refractivity contribution in [2.24, 2.45) is 0 Å². The van der Waals surface area contributed by atoms with Gasteiger partial charge in [0.25, 0.3) is 5.69 Å². The van der Waals surface area contributed by atoms with Gasteiger partial charge in [-0.1, -0.05) is 0 Å². The monoisotopic (exact) mass is 231 g/mol. The van der Waals surface area contributed by atoms with Crippen molar-refractivity contribution in [3.05, 3.63) is 62.5 Å². The Morgan fingerprint density at radius 1 is 1.18 bits per heavy atom. The Morgan fingerprint density at radius 3 is 2.35 bits per heavy atom. The zero-order chi connectivity index (χ0) is 12.4. The van der Waals surface area contributed by atoms with E-state index in [0.717, 1.165) is 5.56 Å². The Morgan fingerprint density at radius 2 is 1.82 bits per heavy atom. The van der Waals surface area contributed by atoms with Gasteiger partial charge in [0.15, 0.2) is 0 Å². The summed E-state index contributed by atoms with van der Waals surface area (Å²) < 4.78 is 5.02. The largest absolute Gasteiger partial charge is 0.423 e. The van der Waals surface area contributed by atoms with Crippen LogP contribution in [-0.2, 0) is 0 Å². The molecule has 1 aromatic heterocycles. The highest BCUT2D eigenvalue weighted by atomic mass is 16.6. The van der Waals surface area contributed by atoms with E-state index < -0.39 is 10.5 Å². The third-order valence-electron chi connectivity index (χ3n) is 2.28. The second-order valence-corrected chi connectivity index (χ2v) is 3.62. The first-order chi connectivity index (χ1) is 8.06. The fourth-order valence-electron chi connectivity index (χ4n) is 1.49. The van der Waals surface area contributed by atoms with E-state index in [2.05, 4.69) is 0 Å². The maximum atomic E-state index is 11.2. The summed E-state index contributed by atoms with van der Waals surface area (Å²) >= 11 is 0. The van der Waals surface area contributed by atoms with Crippen LogP contribution in [0.15, 0.2) is 45.6 Å². The van der Waals surface area contributed by atoms with Gasteiger partial charge in [0, 0.05) is 23.8 Å². The standard InChI is InChI=1S/C12H9NO4/c1-8-6-11(17-12(14)7-8)9-2-4-10(5-3-9)13(15)16/h2-7H,1H3. The number of hydrogen-bond acceptors (Lipinski definition) is 4. The molecule has 5 nitrogen and oxygen atoms in total. The van der Waals surface area contributed by atoms with E-state index >= 15 is 0 Å². The molecule has 0 bridgehead atoms. The van der Waals surface area contributed by atoms with Crippen molar-refractivity contribution < 1.29 is 9.34 Å². The lowest BCUT2D eigenvalue weighted by Gasteiger charge is -2.00. The number of benzene rings is 1. The quantitative estimate of drug-likeness (QED) is 0.588. The molecular formula is C12H9NO4. The van der Waals surface area contributed by atoms with Gasteiger partial charge >= 0.3 is 5.63 Å². The van der Waals surface area contributed by atoms with Crippen molar-refractivity contribution >= 4 is 5.69 Å². The zero-order valence-electron chi connectivity index (χ0n) is 9.04. The molecule has 2 aromatic rings. The molecule has 86 valence electrons.